The number of hydrogen-bond donors (Lipinski definition) is 1. The zero-order valence-corrected chi connectivity index (χ0v) is 25.6. The second-order valence-corrected chi connectivity index (χ2v) is 13.4. The molecule has 214 valence electrons. The zero-order chi connectivity index (χ0) is 29.1. The molecular weight excluding hydrogens is 510 g/mol. The van der Waals surface area contributed by atoms with E-state index < -0.39 is 0 Å². The van der Waals surface area contributed by atoms with Crippen LogP contribution in [-0.4, -0.2) is 32.8 Å². The summed E-state index contributed by atoms with van der Waals surface area (Å²) in [6, 6.07) is 12.4. The van der Waals surface area contributed by atoms with Gasteiger partial charge in [-0.2, -0.15) is 0 Å². The van der Waals surface area contributed by atoms with Crippen LogP contribution in [-0.2, 0) is 22.3 Å². The van der Waals surface area contributed by atoms with Gasteiger partial charge >= 0.3 is 0 Å². The Morgan fingerprint density at radius 1 is 0.780 bits per heavy atom. The number of rotatable bonds is 4. The monoisotopic (exact) mass is 551 g/mol. The van der Waals surface area contributed by atoms with Crippen molar-refractivity contribution in [2.24, 2.45) is 9.98 Å². The van der Waals surface area contributed by atoms with Crippen LogP contribution in [0.2, 0.25) is 0 Å². The van der Waals surface area contributed by atoms with Crippen molar-refractivity contribution in [3.63, 3.8) is 0 Å². The summed E-state index contributed by atoms with van der Waals surface area (Å²) in [7, 11) is 0. The lowest BCUT2D eigenvalue weighted by Gasteiger charge is -2.25. The predicted molar refractivity (Wildman–Crippen MR) is 165 cm³/mol. The molecule has 3 heterocycles. The zero-order valence-electron chi connectivity index (χ0n) is 25.6. The molecule has 0 fully saturated rings. The van der Waals surface area contributed by atoms with E-state index in [1.165, 1.54) is 22.3 Å². The number of nitrogens with one attached hydrogen (secondary N) is 1. The summed E-state index contributed by atoms with van der Waals surface area (Å²) in [5.74, 6) is 2.82. The van der Waals surface area contributed by atoms with Crippen LogP contribution in [0.25, 0.3) is 0 Å². The van der Waals surface area contributed by atoms with Crippen LogP contribution in [0.5, 0.6) is 0 Å². The van der Waals surface area contributed by atoms with E-state index in [0.29, 0.717) is 11.7 Å². The van der Waals surface area contributed by atoms with E-state index >= 15 is 0 Å². The van der Waals surface area contributed by atoms with Crippen LogP contribution < -0.4 is 5.32 Å². The predicted octanol–water partition coefficient (Wildman–Crippen LogP) is 7.65. The molecule has 41 heavy (non-hydrogen) atoms. The van der Waals surface area contributed by atoms with Gasteiger partial charge in [-0.3, -0.25) is 0 Å². The molecule has 0 saturated heterocycles. The molecule has 2 aromatic heterocycles. The van der Waals surface area contributed by atoms with E-state index in [1.54, 1.807) is 0 Å². The minimum absolute atomic E-state index is 0.000545. The van der Waals surface area contributed by atoms with Crippen molar-refractivity contribution in [3.05, 3.63) is 81.2 Å². The molecule has 0 unspecified atom stereocenters. The fraction of sp³-hybridized carbons (Fsp3) is 0.471. The fourth-order valence-corrected chi connectivity index (χ4v) is 6.16. The Morgan fingerprint density at radius 3 is 1.95 bits per heavy atom. The Hall–Kier alpha value is -3.42. The van der Waals surface area contributed by atoms with Crippen molar-refractivity contribution < 1.29 is 9.47 Å². The standard InChI is InChI=1S/C34H41N5O2/c1-19-17-27(35-29-21(19)13-15-25(29)40-33(3,4)5)37-31-23-11-9-10-12-24(23)32(39-31)38-28-18-20(2)22-14-16-26(30(22)36-28)41-34(6,7)8/h9-12,17-18,25-26H,13-16H2,1-8H3,(H,35,36,37,38,39)/t25-,26-/m0/s1. The summed E-state index contributed by atoms with van der Waals surface area (Å²) in [4.78, 5) is 19.9. The number of hydrogen-bond acceptors (Lipinski definition) is 6. The van der Waals surface area contributed by atoms with Gasteiger partial charge in [0, 0.05) is 11.1 Å². The summed E-state index contributed by atoms with van der Waals surface area (Å²) in [5.41, 5.74) is 8.57. The summed E-state index contributed by atoms with van der Waals surface area (Å²) in [6.45, 7) is 16.9. The van der Waals surface area contributed by atoms with Gasteiger partial charge in [0.25, 0.3) is 0 Å². The van der Waals surface area contributed by atoms with E-state index in [-0.39, 0.29) is 23.4 Å². The number of benzene rings is 1. The highest BCUT2D eigenvalue weighted by Crippen LogP contribution is 2.40. The Bertz CT molecular complexity index is 1580. The molecule has 2 aliphatic carbocycles. The molecule has 0 radical (unpaired) electrons. The van der Waals surface area contributed by atoms with Crippen molar-refractivity contribution in [2.75, 3.05) is 5.32 Å². The second-order valence-electron chi connectivity index (χ2n) is 13.4. The number of amidine groups is 2. The third-order valence-electron chi connectivity index (χ3n) is 7.77. The second kappa shape index (κ2) is 10.1. The normalized spacial score (nSPS) is 20.7. The van der Waals surface area contributed by atoms with Crippen LogP contribution in [0.3, 0.4) is 0 Å². The van der Waals surface area contributed by atoms with Crippen LogP contribution in [0.15, 0.2) is 46.4 Å². The lowest BCUT2D eigenvalue weighted by molar-refractivity contribution is -0.0624. The Morgan fingerprint density at radius 2 is 1.34 bits per heavy atom. The van der Waals surface area contributed by atoms with Gasteiger partial charge in [-0.15, -0.1) is 0 Å². The lowest BCUT2D eigenvalue weighted by atomic mass is 10.1. The van der Waals surface area contributed by atoms with Crippen molar-refractivity contribution in [1.29, 1.82) is 0 Å². The molecule has 0 amide bonds. The van der Waals surface area contributed by atoms with Gasteiger partial charge in [-0.1, -0.05) is 24.3 Å². The smallest absolute Gasteiger partial charge is 0.164 e. The number of anilines is 1. The number of aliphatic imine (C=N–C) groups is 2. The first kappa shape index (κ1) is 27.7. The molecule has 1 aliphatic heterocycles. The van der Waals surface area contributed by atoms with Gasteiger partial charge in [-0.05, 0) is 115 Å². The van der Waals surface area contributed by atoms with Gasteiger partial charge in [0.1, 0.15) is 23.9 Å². The molecule has 1 N–H and O–H groups in total. The van der Waals surface area contributed by atoms with Gasteiger partial charge in [-0.25, -0.2) is 20.0 Å². The maximum Gasteiger partial charge on any atom is 0.164 e. The Labute approximate surface area is 243 Å². The van der Waals surface area contributed by atoms with E-state index in [2.05, 4.69) is 85.0 Å². The summed E-state index contributed by atoms with van der Waals surface area (Å²) < 4.78 is 12.7. The molecule has 0 bridgehead atoms. The molecule has 7 nitrogen and oxygen atoms in total. The van der Waals surface area contributed by atoms with Crippen LogP contribution in [0.1, 0.15) is 111 Å². The van der Waals surface area contributed by atoms with E-state index in [0.717, 1.165) is 59.9 Å². The fourth-order valence-electron chi connectivity index (χ4n) is 6.16. The maximum absolute atomic E-state index is 6.36. The number of ether oxygens (including phenoxy) is 2. The number of pyridine rings is 2. The molecule has 0 spiro atoms. The molecule has 3 aromatic rings. The first-order valence-corrected chi connectivity index (χ1v) is 14.8. The van der Waals surface area contributed by atoms with E-state index in [9.17, 15) is 0 Å². The molecule has 6 rings (SSSR count). The van der Waals surface area contributed by atoms with E-state index in [1.807, 2.05) is 12.1 Å². The molecule has 0 saturated carbocycles. The highest BCUT2D eigenvalue weighted by Gasteiger charge is 2.32. The minimum atomic E-state index is -0.234. The Kier molecular flexibility index (Phi) is 6.86. The van der Waals surface area contributed by atoms with Gasteiger partial charge in [0.05, 0.1) is 22.6 Å². The van der Waals surface area contributed by atoms with Crippen LogP contribution in [0.4, 0.5) is 11.6 Å². The largest absolute Gasteiger partial charge is 0.366 e. The number of nitrogens with zero attached hydrogens (tertiary/aromatic N) is 4. The van der Waals surface area contributed by atoms with Crippen molar-refractivity contribution >= 4 is 23.3 Å². The van der Waals surface area contributed by atoms with Crippen molar-refractivity contribution in [3.8, 4) is 0 Å². The maximum atomic E-state index is 6.36. The average molecular weight is 552 g/mol. The van der Waals surface area contributed by atoms with Gasteiger partial charge in [0.2, 0.25) is 0 Å². The quantitative estimate of drug-likeness (QED) is 0.360. The van der Waals surface area contributed by atoms with Gasteiger partial charge < -0.3 is 14.8 Å². The minimum Gasteiger partial charge on any atom is -0.366 e. The highest BCUT2D eigenvalue weighted by atomic mass is 16.5. The SMILES string of the molecule is Cc1cc(N=C2N=C(Nc3cc(C)c4c(n3)[C@@H](OC(C)(C)C)CC4)c3ccccc32)nc2c1CC[C@@H]2OC(C)(C)C. The van der Waals surface area contributed by atoms with Crippen LogP contribution >= 0.6 is 0 Å². The molecule has 3 aliphatic rings. The van der Waals surface area contributed by atoms with E-state index in [4.69, 9.17) is 29.4 Å². The highest BCUT2D eigenvalue weighted by molar-refractivity contribution is 6.26. The Balaban J connectivity index is 1.33. The number of aromatic nitrogens is 2. The first-order chi connectivity index (χ1) is 19.3. The summed E-state index contributed by atoms with van der Waals surface area (Å²) in [5, 5.41) is 3.51. The molecule has 7 heteroatoms. The average Bonchev–Trinajstić information content (AvgIpc) is 3.55. The summed E-state index contributed by atoms with van der Waals surface area (Å²) in [6.07, 6.45) is 3.87. The summed E-state index contributed by atoms with van der Waals surface area (Å²) >= 11 is 0. The lowest BCUT2D eigenvalue weighted by Crippen LogP contribution is -2.22. The third-order valence-corrected chi connectivity index (χ3v) is 7.77. The van der Waals surface area contributed by atoms with Crippen molar-refractivity contribution in [2.45, 2.75) is 104 Å². The van der Waals surface area contributed by atoms with Crippen molar-refractivity contribution in [1.82, 2.24) is 9.97 Å². The van der Waals surface area contributed by atoms with Gasteiger partial charge in [0.15, 0.2) is 11.7 Å². The number of aryl methyl sites for hydroxylation is 2. The third kappa shape index (κ3) is 5.70. The topological polar surface area (TPSA) is 81.0 Å². The molecule has 1 aromatic carbocycles. The first-order valence-electron chi connectivity index (χ1n) is 14.8. The van der Waals surface area contributed by atoms with Crippen LogP contribution in [0, 0.1) is 13.8 Å². The number of fused-ring (bicyclic) bond motifs is 3. The molecule has 2 atom stereocenters. The molecular formula is C34H41N5O2.